The van der Waals surface area contributed by atoms with E-state index in [1.165, 1.54) is 4.68 Å². The van der Waals surface area contributed by atoms with Crippen LogP contribution in [0.3, 0.4) is 0 Å². The minimum absolute atomic E-state index is 0. The molecule has 10 heteroatoms. The predicted molar refractivity (Wildman–Crippen MR) is 164 cm³/mol. The van der Waals surface area contributed by atoms with E-state index >= 15 is 4.39 Å². The molecule has 1 aromatic heterocycles. The number of allylic oxidation sites excluding steroid dienone is 2. The molecule has 4 aliphatic rings. The Morgan fingerprint density at radius 1 is 1.12 bits per heavy atom. The topological polar surface area (TPSA) is 95.7 Å². The van der Waals surface area contributed by atoms with Gasteiger partial charge in [0.15, 0.2) is 0 Å². The predicted octanol–water partition coefficient (Wildman–Crippen LogP) is 5.75. The van der Waals surface area contributed by atoms with Crippen molar-refractivity contribution < 1.29 is 23.9 Å². The van der Waals surface area contributed by atoms with Crippen molar-refractivity contribution in [3.63, 3.8) is 0 Å². The lowest BCUT2D eigenvalue weighted by Crippen LogP contribution is -2.40. The molecule has 2 aromatic rings. The molecule has 3 aliphatic carbocycles. The highest BCUT2D eigenvalue weighted by molar-refractivity contribution is 6.34. The molecular formula is C33H42ClFN4O4. The number of aromatic nitrogens is 2. The number of aliphatic carboxylic acids is 1. The number of rotatable bonds is 6. The number of carbonyl (C=O) groups excluding carboxylic acids is 2. The Labute approximate surface area is 257 Å². The van der Waals surface area contributed by atoms with E-state index in [1.807, 2.05) is 25.1 Å². The second-order valence-corrected chi connectivity index (χ2v) is 13.0. The van der Waals surface area contributed by atoms with Gasteiger partial charge in [0.1, 0.15) is 5.67 Å². The average Bonchev–Trinajstić information content (AvgIpc) is 3.61. The van der Waals surface area contributed by atoms with Gasteiger partial charge < -0.3 is 14.9 Å². The fraction of sp³-hybridized carbons (Fsp3) is 0.576. The number of amides is 1. The van der Waals surface area contributed by atoms with Crippen molar-refractivity contribution in [1.29, 1.82) is 0 Å². The molecule has 6 rings (SSSR count). The lowest BCUT2D eigenvalue weighted by molar-refractivity contribution is -0.142. The zero-order chi connectivity index (χ0) is 29.8. The van der Waals surface area contributed by atoms with Gasteiger partial charge in [0.05, 0.1) is 27.9 Å². The first-order valence-corrected chi connectivity index (χ1v) is 15.5. The van der Waals surface area contributed by atoms with Gasteiger partial charge in [0.2, 0.25) is 5.91 Å². The Balaban J connectivity index is 0.00000368. The average molecular weight is 613 g/mol. The molecule has 1 saturated carbocycles. The fourth-order valence-corrected chi connectivity index (χ4v) is 7.38. The van der Waals surface area contributed by atoms with Gasteiger partial charge in [-0.25, -0.2) is 4.39 Å². The number of nitrogens with zero attached hydrogens (tertiary/aromatic N) is 4. The molecule has 0 radical (unpaired) electrons. The van der Waals surface area contributed by atoms with Crippen molar-refractivity contribution in [1.82, 2.24) is 19.6 Å². The molecule has 0 bridgehead atoms. The Kier molecular flexibility index (Phi) is 8.87. The maximum atomic E-state index is 15.8. The molecule has 1 aliphatic heterocycles. The van der Waals surface area contributed by atoms with E-state index in [1.54, 1.807) is 18.2 Å². The Hall–Kier alpha value is -3.04. The second-order valence-electron chi connectivity index (χ2n) is 12.6. The maximum absolute atomic E-state index is 15.8. The van der Waals surface area contributed by atoms with Crippen LogP contribution in [0.15, 0.2) is 24.3 Å². The van der Waals surface area contributed by atoms with Crippen LogP contribution >= 0.6 is 11.6 Å². The van der Waals surface area contributed by atoms with E-state index in [-0.39, 0.29) is 29.8 Å². The van der Waals surface area contributed by atoms with Gasteiger partial charge in [-0.1, -0.05) is 37.2 Å². The summed E-state index contributed by atoms with van der Waals surface area (Å²) in [5, 5.41) is 14.5. The van der Waals surface area contributed by atoms with Gasteiger partial charge in [-0.3, -0.25) is 14.4 Å². The molecule has 8 nitrogen and oxygen atoms in total. The van der Waals surface area contributed by atoms with Gasteiger partial charge >= 0.3 is 5.97 Å². The number of carbonyl (C=O) groups is 3. The van der Waals surface area contributed by atoms with E-state index in [0.717, 1.165) is 24.0 Å². The first-order chi connectivity index (χ1) is 20.1. The standard InChI is InChI=1S/C32H38ClFN4O4.CH4/c1-36(2)22-13-16-37(18-22)29(39)21-11-12-23-26(17-21)38(35-28(23)19-7-9-20(10-8-19)31(41)42)30(40)27-24(5-3-6-25(27)33)32(34)14-4-15-32;/h3,5-7,20-22H,4,8-18H2,1-2H3,(H,41,42);1H4/t20?,21?,22-;/m1./s1. The number of alkyl halides is 1. The number of carboxylic acids is 1. The number of likely N-dealkylation sites (tertiary alicyclic amines) is 1. The summed E-state index contributed by atoms with van der Waals surface area (Å²) in [6.45, 7) is 1.41. The summed E-state index contributed by atoms with van der Waals surface area (Å²) >= 11 is 6.59. The summed E-state index contributed by atoms with van der Waals surface area (Å²) in [5.74, 6) is -1.91. The normalized spacial score (nSPS) is 24.5. The van der Waals surface area contributed by atoms with Gasteiger partial charge in [0, 0.05) is 42.6 Å². The van der Waals surface area contributed by atoms with Gasteiger partial charge in [-0.05, 0) is 83.5 Å². The molecule has 232 valence electrons. The highest BCUT2D eigenvalue weighted by atomic mass is 35.5. The van der Waals surface area contributed by atoms with Crippen molar-refractivity contribution >= 4 is 35.0 Å². The van der Waals surface area contributed by atoms with Gasteiger partial charge in [0.25, 0.3) is 5.91 Å². The SMILES string of the molecule is C.CN(C)[C@@H]1CCN(C(=O)C2CCc3c(C4=CCC(C(=O)O)CC4)nn(C(=O)c4c(Cl)cccc4C4(F)CCC4)c3C2)C1. The van der Waals surface area contributed by atoms with Crippen molar-refractivity contribution in [2.45, 2.75) is 83.3 Å². The van der Waals surface area contributed by atoms with Gasteiger partial charge in [-0.2, -0.15) is 9.78 Å². The summed E-state index contributed by atoms with van der Waals surface area (Å²) in [7, 11) is 4.06. The number of benzene rings is 1. The monoisotopic (exact) mass is 612 g/mol. The number of halogens is 2. The summed E-state index contributed by atoms with van der Waals surface area (Å²) < 4.78 is 17.1. The maximum Gasteiger partial charge on any atom is 0.306 e. The zero-order valence-corrected chi connectivity index (χ0v) is 25.0. The van der Waals surface area contributed by atoms with Crippen LogP contribution in [0.4, 0.5) is 4.39 Å². The van der Waals surface area contributed by atoms with Crippen LogP contribution in [0.1, 0.15) is 91.7 Å². The third-order valence-electron chi connectivity index (χ3n) is 9.94. The number of hydrogen-bond donors (Lipinski definition) is 1. The van der Waals surface area contributed by atoms with Gasteiger partial charge in [-0.15, -0.1) is 0 Å². The molecule has 1 amide bonds. The first-order valence-electron chi connectivity index (χ1n) is 15.1. The third-order valence-corrected chi connectivity index (χ3v) is 10.3. The van der Waals surface area contributed by atoms with Crippen LogP contribution in [0.25, 0.3) is 5.57 Å². The van der Waals surface area contributed by atoms with E-state index in [2.05, 4.69) is 4.90 Å². The molecule has 2 unspecified atom stereocenters. The second kappa shape index (κ2) is 12.2. The minimum atomic E-state index is -1.60. The summed E-state index contributed by atoms with van der Waals surface area (Å²) in [5.41, 5.74) is 2.05. The lowest BCUT2D eigenvalue weighted by Gasteiger charge is -2.35. The fourth-order valence-electron chi connectivity index (χ4n) is 7.12. The lowest BCUT2D eigenvalue weighted by atomic mass is 9.75. The Morgan fingerprint density at radius 2 is 1.86 bits per heavy atom. The van der Waals surface area contributed by atoms with E-state index < -0.39 is 23.5 Å². The Morgan fingerprint density at radius 3 is 2.47 bits per heavy atom. The van der Waals surface area contributed by atoms with Crippen molar-refractivity contribution in [3.8, 4) is 0 Å². The largest absolute Gasteiger partial charge is 0.481 e. The highest BCUT2D eigenvalue weighted by Gasteiger charge is 2.43. The molecule has 43 heavy (non-hydrogen) atoms. The molecular weight excluding hydrogens is 571 g/mol. The molecule has 1 aromatic carbocycles. The summed E-state index contributed by atoms with van der Waals surface area (Å²) in [6.07, 6.45) is 7.34. The van der Waals surface area contributed by atoms with E-state index in [0.29, 0.717) is 87.4 Å². The molecule has 0 spiro atoms. The van der Waals surface area contributed by atoms with Crippen molar-refractivity contribution in [3.05, 3.63) is 57.4 Å². The smallest absolute Gasteiger partial charge is 0.306 e. The zero-order valence-electron chi connectivity index (χ0n) is 24.2. The van der Waals surface area contributed by atoms with Crippen molar-refractivity contribution in [2.24, 2.45) is 11.8 Å². The van der Waals surface area contributed by atoms with E-state index in [9.17, 15) is 19.5 Å². The number of likely N-dealkylation sites (N-methyl/N-ethyl adjacent to an activating group) is 1. The van der Waals surface area contributed by atoms with Crippen LogP contribution in [0, 0.1) is 11.8 Å². The quantitative estimate of drug-likeness (QED) is 0.447. The highest BCUT2D eigenvalue weighted by Crippen LogP contribution is 2.47. The number of hydrogen-bond acceptors (Lipinski definition) is 5. The molecule has 1 saturated heterocycles. The van der Waals surface area contributed by atoms with Crippen LogP contribution in [0.2, 0.25) is 5.02 Å². The number of fused-ring (bicyclic) bond motifs is 1. The minimum Gasteiger partial charge on any atom is -0.481 e. The Bertz CT molecular complexity index is 1460. The van der Waals surface area contributed by atoms with Crippen LogP contribution in [-0.4, -0.2) is 75.7 Å². The number of carboxylic acid groups (broad SMARTS) is 1. The van der Waals surface area contributed by atoms with Crippen LogP contribution < -0.4 is 0 Å². The molecule has 2 heterocycles. The third kappa shape index (κ3) is 5.66. The first kappa shape index (κ1) is 31.4. The summed E-state index contributed by atoms with van der Waals surface area (Å²) in [6, 6.07) is 5.26. The van der Waals surface area contributed by atoms with E-state index in [4.69, 9.17) is 16.7 Å². The molecule has 3 atom stereocenters. The molecule has 2 fully saturated rings. The van der Waals surface area contributed by atoms with Crippen molar-refractivity contribution in [2.75, 3.05) is 27.2 Å². The summed E-state index contributed by atoms with van der Waals surface area (Å²) in [4.78, 5) is 43.6. The van der Waals surface area contributed by atoms with Crippen LogP contribution in [0.5, 0.6) is 0 Å². The van der Waals surface area contributed by atoms with Crippen LogP contribution in [-0.2, 0) is 28.1 Å². The molecule has 1 N–H and O–H groups in total.